The summed E-state index contributed by atoms with van der Waals surface area (Å²) in [4.78, 5) is 7.10. The molecule has 1 atom stereocenters. The number of nitrogens with zero attached hydrogens (tertiary/aromatic N) is 2. The van der Waals surface area contributed by atoms with E-state index in [4.69, 9.17) is 9.73 Å². The molecule has 1 saturated heterocycles. The average Bonchev–Trinajstić information content (AvgIpc) is 3.18. The van der Waals surface area contributed by atoms with Gasteiger partial charge in [0, 0.05) is 32.1 Å². The number of benzene rings is 2. The Labute approximate surface area is 167 Å². The van der Waals surface area contributed by atoms with Crippen molar-refractivity contribution in [2.45, 2.75) is 26.4 Å². The lowest BCUT2D eigenvalue weighted by molar-refractivity contribution is 0.0907. The molecule has 2 aromatic carbocycles. The minimum Gasteiger partial charge on any atom is -0.376 e. The summed E-state index contributed by atoms with van der Waals surface area (Å²) in [5, 5.41) is 3.40. The van der Waals surface area contributed by atoms with Crippen LogP contribution in [0.2, 0.25) is 0 Å². The van der Waals surface area contributed by atoms with Gasteiger partial charge in [-0.15, -0.1) is 0 Å². The molecule has 4 nitrogen and oxygen atoms in total. The summed E-state index contributed by atoms with van der Waals surface area (Å²) in [7, 11) is 0. The van der Waals surface area contributed by atoms with Crippen LogP contribution in [-0.4, -0.2) is 43.6 Å². The second kappa shape index (κ2) is 10.8. The summed E-state index contributed by atoms with van der Waals surface area (Å²) >= 11 is 0. The predicted octanol–water partition coefficient (Wildman–Crippen LogP) is 3.87. The first-order chi connectivity index (χ1) is 13.7. The molecule has 1 heterocycles. The Morgan fingerprint density at radius 2 is 1.93 bits per heavy atom. The van der Waals surface area contributed by atoms with Gasteiger partial charge in [0.1, 0.15) is 5.82 Å². The number of hydrogen-bond donors (Lipinski definition) is 1. The second-order valence-corrected chi connectivity index (χ2v) is 7.21. The van der Waals surface area contributed by atoms with Crippen LogP contribution in [0.1, 0.15) is 24.5 Å². The van der Waals surface area contributed by atoms with Gasteiger partial charge >= 0.3 is 0 Å². The molecular formula is C23H30FN3O. The van der Waals surface area contributed by atoms with Crippen molar-refractivity contribution in [2.24, 2.45) is 10.9 Å². The number of guanidine groups is 1. The van der Waals surface area contributed by atoms with Crippen molar-refractivity contribution < 1.29 is 9.13 Å². The Balaban J connectivity index is 1.45. The third kappa shape index (κ3) is 6.34. The first-order valence-corrected chi connectivity index (χ1v) is 10.1. The normalized spacial score (nSPS) is 17.1. The Hall–Kier alpha value is -2.40. The minimum atomic E-state index is -0.196. The van der Waals surface area contributed by atoms with Gasteiger partial charge in [-0.25, -0.2) is 4.39 Å². The van der Waals surface area contributed by atoms with E-state index in [1.165, 1.54) is 17.7 Å². The molecule has 2 aromatic rings. The summed E-state index contributed by atoms with van der Waals surface area (Å²) < 4.78 is 18.9. The summed E-state index contributed by atoms with van der Waals surface area (Å²) in [5.41, 5.74) is 2.32. The SMILES string of the molecule is CCNC(=NCCc1ccc(F)cc1)N1CCC(COCc2ccccc2)C1. The van der Waals surface area contributed by atoms with Crippen LogP contribution in [-0.2, 0) is 17.8 Å². The van der Waals surface area contributed by atoms with Gasteiger partial charge in [0.2, 0.25) is 0 Å². The molecular weight excluding hydrogens is 353 g/mol. The molecule has 1 aliphatic rings. The zero-order chi connectivity index (χ0) is 19.6. The van der Waals surface area contributed by atoms with Crippen LogP contribution in [0.5, 0.6) is 0 Å². The number of ether oxygens (including phenoxy) is 1. The highest BCUT2D eigenvalue weighted by Crippen LogP contribution is 2.17. The smallest absolute Gasteiger partial charge is 0.193 e. The zero-order valence-electron chi connectivity index (χ0n) is 16.6. The van der Waals surface area contributed by atoms with Gasteiger partial charge in [0.25, 0.3) is 0 Å². The number of hydrogen-bond acceptors (Lipinski definition) is 2. The maximum atomic E-state index is 13.0. The van der Waals surface area contributed by atoms with Crippen LogP contribution in [0.15, 0.2) is 59.6 Å². The molecule has 0 bridgehead atoms. The molecule has 3 rings (SSSR count). The Morgan fingerprint density at radius 1 is 1.14 bits per heavy atom. The molecule has 1 aliphatic heterocycles. The number of aliphatic imine (C=N–C) groups is 1. The molecule has 0 radical (unpaired) electrons. The number of likely N-dealkylation sites (tertiary alicyclic amines) is 1. The van der Waals surface area contributed by atoms with Crippen LogP contribution in [0.25, 0.3) is 0 Å². The molecule has 1 fully saturated rings. The highest BCUT2D eigenvalue weighted by atomic mass is 19.1. The average molecular weight is 384 g/mol. The quantitative estimate of drug-likeness (QED) is 0.555. The third-order valence-corrected chi connectivity index (χ3v) is 4.96. The van der Waals surface area contributed by atoms with Crippen molar-refractivity contribution in [1.82, 2.24) is 10.2 Å². The van der Waals surface area contributed by atoms with E-state index in [9.17, 15) is 4.39 Å². The lowest BCUT2D eigenvalue weighted by Crippen LogP contribution is -2.40. The fraction of sp³-hybridized carbons (Fsp3) is 0.435. The molecule has 0 spiro atoms. The Bertz CT molecular complexity index is 733. The molecule has 150 valence electrons. The molecule has 1 unspecified atom stereocenters. The molecule has 0 saturated carbocycles. The lowest BCUT2D eigenvalue weighted by Gasteiger charge is -2.21. The maximum absolute atomic E-state index is 13.0. The molecule has 0 aliphatic carbocycles. The fourth-order valence-electron chi connectivity index (χ4n) is 3.45. The zero-order valence-corrected chi connectivity index (χ0v) is 16.6. The van der Waals surface area contributed by atoms with Crippen molar-refractivity contribution in [3.8, 4) is 0 Å². The van der Waals surface area contributed by atoms with Crippen molar-refractivity contribution >= 4 is 5.96 Å². The van der Waals surface area contributed by atoms with Crippen LogP contribution >= 0.6 is 0 Å². The van der Waals surface area contributed by atoms with E-state index in [1.54, 1.807) is 0 Å². The van der Waals surface area contributed by atoms with E-state index in [0.29, 0.717) is 19.1 Å². The highest BCUT2D eigenvalue weighted by molar-refractivity contribution is 5.80. The van der Waals surface area contributed by atoms with E-state index in [1.807, 2.05) is 30.3 Å². The van der Waals surface area contributed by atoms with E-state index in [2.05, 4.69) is 29.3 Å². The molecule has 0 aromatic heterocycles. The molecule has 1 N–H and O–H groups in total. The van der Waals surface area contributed by atoms with Gasteiger partial charge in [0.15, 0.2) is 5.96 Å². The first kappa shape index (κ1) is 20.3. The van der Waals surface area contributed by atoms with Crippen molar-refractivity contribution in [1.29, 1.82) is 0 Å². The maximum Gasteiger partial charge on any atom is 0.193 e. The fourth-order valence-corrected chi connectivity index (χ4v) is 3.45. The summed E-state index contributed by atoms with van der Waals surface area (Å²) in [6, 6.07) is 17.0. The van der Waals surface area contributed by atoms with Gasteiger partial charge in [0.05, 0.1) is 13.2 Å². The van der Waals surface area contributed by atoms with Crippen molar-refractivity contribution in [3.63, 3.8) is 0 Å². The van der Waals surface area contributed by atoms with E-state index in [0.717, 1.165) is 50.6 Å². The molecule has 0 amide bonds. The lowest BCUT2D eigenvalue weighted by atomic mass is 10.1. The molecule has 5 heteroatoms. The standard InChI is InChI=1S/C23H30FN3O/c1-2-25-23(26-14-12-19-8-10-22(24)11-9-19)27-15-13-21(16-27)18-28-17-20-6-4-3-5-7-20/h3-11,21H,2,12-18H2,1H3,(H,25,26). The van der Waals surface area contributed by atoms with Crippen LogP contribution in [0, 0.1) is 11.7 Å². The van der Waals surface area contributed by atoms with Gasteiger partial charge in [-0.3, -0.25) is 4.99 Å². The molecule has 28 heavy (non-hydrogen) atoms. The first-order valence-electron chi connectivity index (χ1n) is 10.1. The van der Waals surface area contributed by atoms with E-state index in [-0.39, 0.29) is 5.82 Å². The van der Waals surface area contributed by atoms with Crippen LogP contribution in [0.4, 0.5) is 4.39 Å². The monoisotopic (exact) mass is 383 g/mol. The Kier molecular flexibility index (Phi) is 7.85. The van der Waals surface area contributed by atoms with Gasteiger partial charge < -0.3 is 15.0 Å². The largest absolute Gasteiger partial charge is 0.376 e. The van der Waals surface area contributed by atoms with Gasteiger partial charge in [-0.2, -0.15) is 0 Å². The van der Waals surface area contributed by atoms with E-state index < -0.39 is 0 Å². The number of rotatable bonds is 8. The Morgan fingerprint density at radius 3 is 2.68 bits per heavy atom. The minimum absolute atomic E-state index is 0.196. The third-order valence-electron chi connectivity index (χ3n) is 4.96. The van der Waals surface area contributed by atoms with Crippen molar-refractivity contribution in [3.05, 3.63) is 71.5 Å². The van der Waals surface area contributed by atoms with Gasteiger partial charge in [-0.05, 0) is 43.0 Å². The summed E-state index contributed by atoms with van der Waals surface area (Å²) in [5.74, 6) is 1.30. The van der Waals surface area contributed by atoms with Crippen molar-refractivity contribution in [2.75, 3.05) is 32.8 Å². The van der Waals surface area contributed by atoms with Gasteiger partial charge in [-0.1, -0.05) is 42.5 Å². The topological polar surface area (TPSA) is 36.9 Å². The van der Waals surface area contributed by atoms with Crippen LogP contribution < -0.4 is 5.32 Å². The number of nitrogens with one attached hydrogen (secondary N) is 1. The summed E-state index contributed by atoms with van der Waals surface area (Å²) in [6.45, 7) is 7.05. The predicted molar refractivity (Wildman–Crippen MR) is 112 cm³/mol. The number of halogens is 1. The van der Waals surface area contributed by atoms with Crippen LogP contribution in [0.3, 0.4) is 0 Å². The highest BCUT2D eigenvalue weighted by Gasteiger charge is 2.24. The van der Waals surface area contributed by atoms with E-state index >= 15 is 0 Å². The summed E-state index contributed by atoms with van der Waals surface area (Å²) in [6.07, 6.45) is 1.93. The second-order valence-electron chi connectivity index (χ2n) is 7.21.